The third-order valence-electron chi connectivity index (χ3n) is 4.02. The van der Waals surface area contributed by atoms with Gasteiger partial charge in [-0.1, -0.05) is 26.0 Å². The summed E-state index contributed by atoms with van der Waals surface area (Å²) in [5.41, 5.74) is 2.04. The maximum atomic E-state index is 12.8. The van der Waals surface area contributed by atoms with Gasteiger partial charge in [-0.05, 0) is 43.2 Å². The zero-order chi connectivity index (χ0) is 19.1. The van der Waals surface area contributed by atoms with E-state index in [0.29, 0.717) is 36.0 Å². The first kappa shape index (κ1) is 18.7. The minimum atomic E-state index is -0.183. The molecule has 0 aliphatic heterocycles. The van der Waals surface area contributed by atoms with Crippen molar-refractivity contribution < 1.29 is 14.3 Å². The minimum Gasteiger partial charge on any atom is -0.490 e. The average Bonchev–Trinajstić information content (AvgIpc) is 2.71. The Morgan fingerprint density at radius 3 is 2.52 bits per heavy atom. The van der Waals surface area contributed by atoms with E-state index in [0.717, 1.165) is 23.7 Å². The Bertz CT molecular complexity index is 919. The van der Waals surface area contributed by atoms with Gasteiger partial charge in [0.05, 0.1) is 18.7 Å². The normalized spacial score (nSPS) is 10.6. The van der Waals surface area contributed by atoms with Crippen molar-refractivity contribution in [1.82, 2.24) is 4.98 Å². The fraction of sp³-hybridized carbons (Fsp3) is 0.273. The van der Waals surface area contributed by atoms with E-state index in [1.54, 1.807) is 12.3 Å². The predicted octanol–water partition coefficient (Wildman–Crippen LogP) is 5.06. The zero-order valence-electron chi connectivity index (χ0n) is 15.7. The van der Waals surface area contributed by atoms with Crippen LogP contribution in [0, 0.1) is 0 Å². The van der Waals surface area contributed by atoms with E-state index in [1.807, 2.05) is 49.4 Å². The first-order valence-corrected chi connectivity index (χ1v) is 9.27. The van der Waals surface area contributed by atoms with Crippen molar-refractivity contribution >= 4 is 22.5 Å². The van der Waals surface area contributed by atoms with E-state index < -0.39 is 0 Å². The van der Waals surface area contributed by atoms with Gasteiger partial charge in [0.1, 0.15) is 0 Å². The predicted molar refractivity (Wildman–Crippen MR) is 108 cm³/mol. The standard InChI is InChI=1S/C22H24N2O3/c1-3-13-26-20-11-10-16(15-21(20)27-14-4-2)24-22(25)18-7-5-9-19-17(18)8-6-12-23-19/h5-12,15H,3-4,13-14H2,1-2H3,(H,24,25). The number of ether oxygens (including phenoxy) is 2. The molecule has 2 aromatic carbocycles. The number of nitrogens with one attached hydrogen (secondary N) is 1. The van der Waals surface area contributed by atoms with Gasteiger partial charge in [-0.2, -0.15) is 0 Å². The minimum absolute atomic E-state index is 0.183. The Labute approximate surface area is 159 Å². The van der Waals surface area contributed by atoms with Crippen molar-refractivity contribution in [3.8, 4) is 11.5 Å². The first-order chi connectivity index (χ1) is 13.2. The number of rotatable bonds is 8. The maximum absolute atomic E-state index is 12.8. The molecule has 0 aliphatic rings. The van der Waals surface area contributed by atoms with E-state index in [9.17, 15) is 4.79 Å². The number of aromatic nitrogens is 1. The second-order valence-corrected chi connectivity index (χ2v) is 6.19. The molecule has 0 spiro atoms. The van der Waals surface area contributed by atoms with Gasteiger partial charge in [0.2, 0.25) is 0 Å². The number of hydrogen-bond donors (Lipinski definition) is 1. The lowest BCUT2D eigenvalue weighted by Gasteiger charge is -2.14. The summed E-state index contributed by atoms with van der Waals surface area (Å²) in [6, 6.07) is 14.7. The molecule has 140 valence electrons. The highest BCUT2D eigenvalue weighted by molar-refractivity contribution is 6.12. The molecule has 3 rings (SSSR count). The number of carbonyl (C=O) groups excluding carboxylic acids is 1. The summed E-state index contributed by atoms with van der Waals surface area (Å²) in [4.78, 5) is 17.1. The summed E-state index contributed by atoms with van der Waals surface area (Å²) in [5, 5.41) is 3.77. The molecule has 0 atom stereocenters. The molecule has 1 heterocycles. The van der Waals surface area contributed by atoms with Crippen molar-refractivity contribution in [2.45, 2.75) is 26.7 Å². The Kier molecular flexibility index (Phi) is 6.26. The van der Waals surface area contributed by atoms with Crippen LogP contribution in [0.4, 0.5) is 5.69 Å². The van der Waals surface area contributed by atoms with Crippen molar-refractivity contribution in [2.24, 2.45) is 0 Å². The molecule has 0 bridgehead atoms. The second-order valence-electron chi connectivity index (χ2n) is 6.19. The number of benzene rings is 2. The molecule has 1 amide bonds. The molecule has 3 aromatic rings. The molecule has 1 N–H and O–H groups in total. The number of carbonyl (C=O) groups is 1. The van der Waals surface area contributed by atoms with E-state index in [4.69, 9.17) is 9.47 Å². The summed E-state index contributed by atoms with van der Waals surface area (Å²) in [5.74, 6) is 1.15. The third-order valence-corrected chi connectivity index (χ3v) is 4.02. The lowest BCUT2D eigenvalue weighted by molar-refractivity contribution is 0.102. The van der Waals surface area contributed by atoms with Crippen LogP contribution in [0.3, 0.4) is 0 Å². The van der Waals surface area contributed by atoms with Crippen LogP contribution in [0.15, 0.2) is 54.7 Å². The number of amides is 1. The third kappa shape index (κ3) is 4.56. The molecule has 5 nitrogen and oxygen atoms in total. The monoisotopic (exact) mass is 364 g/mol. The molecular formula is C22H24N2O3. The van der Waals surface area contributed by atoms with Crippen molar-refractivity contribution in [3.63, 3.8) is 0 Å². The highest BCUT2D eigenvalue weighted by Crippen LogP contribution is 2.31. The van der Waals surface area contributed by atoms with Crippen LogP contribution in [0.2, 0.25) is 0 Å². The lowest BCUT2D eigenvalue weighted by atomic mass is 10.1. The van der Waals surface area contributed by atoms with Crippen LogP contribution >= 0.6 is 0 Å². The number of fused-ring (bicyclic) bond motifs is 1. The quantitative estimate of drug-likeness (QED) is 0.606. The fourth-order valence-electron chi connectivity index (χ4n) is 2.74. The first-order valence-electron chi connectivity index (χ1n) is 9.27. The molecule has 0 aliphatic carbocycles. The van der Waals surface area contributed by atoms with Crippen LogP contribution in [0.5, 0.6) is 11.5 Å². The topological polar surface area (TPSA) is 60.5 Å². The highest BCUT2D eigenvalue weighted by atomic mass is 16.5. The maximum Gasteiger partial charge on any atom is 0.256 e. The molecule has 5 heteroatoms. The molecule has 0 saturated carbocycles. The molecule has 27 heavy (non-hydrogen) atoms. The summed E-state index contributed by atoms with van der Waals surface area (Å²) >= 11 is 0. The van der Waals surface area contributed by atoms with Crippen LogP contribution < -0.4 is 14.8 Å². The van der Waals surface area contributed by atoms with Gasteiger partial charge in [-0.25, -0.2) is 0 Å². The largest absolute Gasteiger partial charge is 0.490 e. The SMILES string of the molecule is CCCOc1ccc(NC(=O)c2cccc3ncccc23)cc1OCCC. The highest BCUT2D eigenvalue weighted by Gasteiger charge is 2.13. The van der Waals surface area contributed by atoms with Gasteiger partial charge in [0.15, 0.2) is 11.5 Å². The smallest absolute Gasteiger partial charge is 0.256 e. The van der Waals surface area contributed by atoms with Gasteiger partial charge in [-0.3, -0.25) is 9.78 Å². The average molecular weight is 364 g/mol. The van der Waals surface area contributed by atoms with Gasteiger partial charge in [0.25, 0.3) is 5.91 Å². The molecule has 0 unspecified atom stereocenters. The molecule has 1 aromatic heterocycles. The summed E-state index contributed by atoms with van der Waals surface area (Å²) in [6.07, 6.45) is 3.53. The van der Waals surface area contributed by atoms with Gasteiger partial charge in [0, 0.05) is 28.9 Å². The fourth-order valence-corrected chi connectivity index (χ4v) is 2.74. The van der Waals surface area contributed by atoms with Crippen LogP contribution in [0.25, 0.3) is 10.9 Å². The summed E-state index contributed by atoms with van der Waals surface area (Å²) < 4.78 is 11.5. The van der Waals surface area contributed by atoms with E-state index in [1.165, 1.54) is 0 Å². The lowest BCUT2D eigenvalue weighted by Crippen LogP contribution is -2.13. The van der Waals surface area contributed by atoms with E-state index >= 15 is 0 Å². The van der Waals surface area contributed by atoms with Gasteiger partial charge in [-0.15, -0.1) is 0 Å². The number of nitrogens with zero attached hydrogens (tertiary/aromatic N) is 1. The molecule has 0 fully saturated rings. The number of pyridine rings is 1. The Hall–Kier alpha value is -3.08. The van der Waals surface area contributed by atoms with Crippen LogP contribution in [-0.4, -0.2) is 24.1 Å². The van der Waals surface area contributed by atoms with Crippen LogP contribution in [0.1, 0.15) is 37.0 Å². The zero-order valence-corrected chi connectivity index (χ0v) is 15.7. The van der Waals surface area contributed by atoms with Crippen molar-refractivity contribution in [2.75, 3.05) is 18.5 Å². The van der Waals surface area contributed by atoms with Gasteiger partial charge < -0.3 is 14.8 Å². The second kappa shape index (κ2) is 9.03. The number of hydrogen-bond acceptors (Lipinski definition) is 4. The van der Waals surface area contributed by atoms with Crippen molar-refractivity contribution in [3.05, 3.63) is 60.3 Å². The van der Waals surface area contributed by atoms with Crippen molar-refractivity contribution in [1.29, 1.82) is 0 Å². The number of anilines is 1. The Balaban J connectivity index is 1.84. The Morgan fingerprint density at radius 1 is 0.963 bits per heavy atom. The molecule has 0 radical (unpaired) electrons. The van der Waals surface area contributed by atoms with Crippen LogP contribution in [-0.2, 0) is 0 Å². The summed E-state index contributed by atoms with van der Waals surface area (Å²) in [6.45, 7) is 5.32. The van der Waals surface area contributed by atoms with E-state index in [-0.39, 0.29) is 5.91 Å². The van der Waals surface area contributed by atoms with Gasteiger partial charge >= 0.3 is 0 Å². The molecular weight excluding hydrogens is 340 g/mol. The van der Waals surface area contributed by atoms with E-state index in [2.05, 4.69) is 17.2 Å². The molecule has 0 saturated heterocycles. The summed E-state index contributed by atoms with van der Waals surface area (Å²) in [7, 11) is 0. The Morgan fingerprint density at radius 2 is 1.74 bits per heavy atom.